The fourth-order valence-electron chi connectivity index (χ4n) is 2.18. The maximum Gasteiger partial charge on any atom is 0.153 e. The molecule has 5 nitrogen and oxygen atoms in total. The second-order valence-corrected chi connectivity index (χ2v) is 5.49. The lowest BCUT2D eigenvalue weighted by Gasteiger charge is -2.18. The third kappa shape index (κ3) is 3.02. The predicted octanol–water partition coefficient (Wildman–Crippen LogP) is 1.94. The van der Waals surface area contributed by atoms with Gasteiger partial charge in [-0.2, -0.15) is 0 Å². The van der Waals surface area contributed by atoms with E-state index in [0.717, 1.165) is 16.7 Å². The molecule has 2 rings (SSSR count). The summed E-state index contributed by atoms with van der Waals surface area (Å²) in [5.74, 6) is 5.70. The molecule has 1 heterocycles. The largest absolute Gasteiger partial charge is 0.271 e. The first-order valence-electron chi connectivity index (χ1n) is 6.10. The Morgan fingerprint density at radius 1 is 1.42 bits per heavy atom. The molecule has 1 aromatic carbocycles. The Balaban J connectivity index is 2.32. The molecule has 0 amide bonds. The highest BCUT2D eigenvalue weighted by Gasteiger charge is 2.20. The number of nitrogens with zero attached hydrogens (tertiary/aromatic N) is 3. The van der Waals surface area contributed by atoms with Gasteiger partial charge in [0.05, 0.1) is 11.7 Å². The summed E-state index contributed by atoms with van der Waals surface area (Å²) in [7, 11) is 1.86. The van der Waals surface area contributed by atoms with Gasteiger partial charge in [0.2, 0.25) is 0 Å². The van der Waals surface area contributed by atoms with E-state index < -0.39 is 0 Å². The van der Waals surface area contributed by atoms with Gasteiger partial charge in [-0.25, -0.2) is 4.68 Å². The highest BCUT2D eigenvalue weighted by Crippen LogP contribution is 2.24. The third-order valence-electron chi connectivity index (χ3n) is 3.29. The number of rotatable bonds is 4. The van der Waals surface area contributed by atoms with Gasteiger partial charge in [-0.15, -0.1) is 5.10 Å². The summed E-state index contributed by atoms with van der Waals surface area (Å²) < 4.78 is 2.46. The zero-order chi connectivity index (χ0) is 14.0. The first-order valence-corrected chi connectivity index (χ1v) is 6.89. The normalized spacial score (nSPS) is 12.7. The Labute approximate surface area is 121 Å². The number of aromatic nitrogens is 3. The molecule has 102 valence electrons. The molecule has 3 N–H and O–H groups in total. The standard InChI is InChI=1S/C13H18BrN5/c1-8-4-5-9(2)10(6-8)7-11(16-15)12-13(14)17-18-19(12)3/h4-6,11,16H,7,15H2,1-3H3. The molecule has 0 saturated carbocycles. The van der Waals surface area contributed by atoms with Crippen molar-refractivity contribution in [2.75, 3.05) is 0 Å². The second-order valence-electron chi connectivity index (χ2n) is 4.74. The Morgan fingerprint density at radius 3 is 2.74 bits per heavy atom. The Hall–Kier alpha value is -1.24. The van der Waals surface area contributed by atoms with E-state index in [4.69, 9.17) is 5.84 Å². The molecule has 0 aliphatic rings. The van der Waals surface area contributed by atoms with Gasteiger partial charge in [-0.1, -0.05) is 29.0 Å². The maximum absolute atomic E-state index is 5.70. The van der Waals surface area contributed by atoms with Crippen molar-refractivity contribution in [2.45, 2.75) is 26.3 Å². The van der Waals surface area contributed by atoms with E-state index in [1.54, 1.807) is 4.68 Å². The van der Waals surface area contributed by atoms with E-state index in [1.807, 2.05) is 7.05 Å². The minimum absolute atomic E-state index is 0.0325. The lowest BCUT2D eigenvalue weighted by atomic mass is 9.98. The number of hydrazine groups is 1. The van der Waals surface area contributed by atoms with Crippen LogP contribution < -0.4 is 11.3 Å². The van der Waals surface area contributed by atoms with Gasteiger partial charge in [0, 0.05) is 7.05 Å². The fourth-order valence-corrected chi connectivity index (χ4v) is 2.79. The fraction of sp³-hybridized carbons (Fsp3) is 0.385. The highest BCUT2D eigenvalue weighted by molar-refractivity contribution is 9.10. The van der Waals surface area contributed by atoms with Crippen molar-refractivity contribution >= 4 is 15.9 Å². The molecular formula is C13H18BrN5. The average Bonchev–Trinajstić information content (AvgIpc) is 2.71. The highest BCUT2D eigenvalue weighted by atomic mass is 79.9. The van der Waals surface area contributed by atoms with Crippen LogP contribution in [0.2, 0.25) is 0 Å². The van der Waals surface area contributed by atoms with Crippen LogP contribution >= 0.6 is 15.9 Å². The van der Waals surface area contributed by atoms with Crippen molar-refractivity contribution in [3.05, 3.63) is 45.2 Å². The molecule has 0 radical (unpaired) electrons. The molecule has 0 aliphatic heterocycles. The van der Waals surface area contributed by atoms with Crippen molar-refractivity contribution in [3.63, 3.8) is 0 Å². The van der Waals surface area contributed by atoms with Crippen LogP contribution in [0.1, 0.15) is 28.4 Å². The summed E-state index contributed by atoms with van der Waals surface area (Å²) in [5.41, 5.74) is 7.58. The van der Waals surface area contributed by atoms with Gasteiger partial charge in [-0.3, -0.25) is 11.3 Å². The zero-order valence-electron chi connectivity index (χ0n) is 11.3. The van der Waals surface area contributed by atoms with Crippen LogP contribution in [-0.4, -0.2) is 15.0 Å². The lowest BCUT2D eigenvalue weighted by Crippen LogP contribution is -2.31. The number of halogens is 1. The maximum atomic E-state index is 5.70. The molecule has 1 unspecified atom stereocenters. The Kier molecular flexibility index (Phi) is 4.34. The Bertz CT molecular complexity index is 559. The van der Waals surface area contributed by atoms with E-state index in [2.05, 4.69) is 63.7 Å². The SMILES string of the molecule is Cc1ccc(C)c(CC(NN)c2c(Br)nnn2C)c1. The predicted molar refractivity (Wildman–Crippen MR) is 78.4 cm³/mol. The quantitative estimate of drug-likeness (QED) is 0.666. The van der Waals surface area contributed by atoms with Crippen LogP contribution in [0.15, 0.2) is 22.8 Å². The van der Waals surface area contributed by atoms with Gasteiger partial charge in [0.15, 0.2) is 4.60 Å². The number of hydrogen-bond acceptors (Lipinski definition) is 4. The molecule has 1 atom stereocenters. The summed E-state index contributed by atoms with van der Waals surface area (Å²) >= 11 is 3.41. The number of hydrogen-bond donors (Lipinski definition) is 2. The van der Waals surface area contributed by atoms with Crippen LogP contribution in [0.4, 0.5) is 0 Å². The molecule has 2 aromatic rings. The van der Waals surface area contributed by atoms with Crippen LogP contribution in [-0.2, 0) is 13.5 Å². The monoisotopic (exact) mass is 323 g/mol. The number of nitrogens with two attached hydrogens (primary N) is 1. The topological polar surface area (TPSA) is 68.8 Å². The van der Waals surface area contributed by atoms with Crippen LogP contribution in [0.3, 0.4) is 0 Å². The molecule has 6 heteroatoms. The van der Waals surface area contributed by atoms with Gasteiger partial charge >= 0.3 is 0 Å². The summed E-state index contributed by atoms with van der Waals surface area (Å²) in [6, 6.07) is 6.41. The van der Waals surface area contributed by atoms with E-state index >= 15 is 0 Å². The van der Waals surface area contributed by atoms with Gasteiger partial charge in [-0.05, 0) is 47.3 Å². The van der Waals surface area contributed by atoms with Crippen molar-refractivity contribution < 1.29 is 0 Å². The summed E-state index contributed by atoms with van der Waals surface area (Å²) in [4.78, 5) is 0. The molecular weight excluding hydrogens is 306 g/mol. The molecule has 19 heavy (non-hydrogen) atoms. The van der Waals surface area contributed by atoms with E-state index in [1.165, 1.54) is 16.7 Å². The van der Waals surface area contributed by atoms with E-state index in [9.17, 15) is 0 Å². The minimum atomic E-state index is -0.0325. The van der Waals surface area contributed by atoms with Crippen molar-refractivity contribution in [3.8, 4) is 0 Å². The molecule has 0 spiro atoms. The summed E-state index contributed by atoms with van der Waals surface area (Å²) in [6.07, 6.45) is 0.795. The molecule has 0 bridgehead atoms. The molecule has 0 aliphatic carbocycles. The van der Waals surface area contributed by atoms with Gasteiger partial charge in [0.1, 0.15) is 0 Å². The average molecular weight is 324 g/mol. The third-order valence-corrected chi connectivity index (χ3v) is 3.85. The van der Waals surface area contributed by atoms with Gasteiger partial charge < -0.3 is 0 Å². The molecule has 1 aromatic heterocycles. The Morgan fingerprint density at radius 2 is 2.16 bits per heavy atom. The number of aryl methyl sites for hydroxylation is 3. The van der Waals surface area contributed by atoms with E-state index in [-0.39, 0.29) is 6.04 Å². The van der Waals surface area contributed by atoms with Crippen LogP contribution in [0.25, 0.3) is 0 Å². The first kappa shape index (κ1) is 14.2. The number of benzene rings is 1. The van der Waals surface area contributed by atoms with Crippen molar-refractivity contribution in [1.82, 2.24) is 20.4 Å². The smallest absolute Gasteiger partial charge is 0.153 e. The second kappa shape index (κ2) is 5.81. The van der Waals surface area contributed by atoms with E-state index in [0.29, 0.717) is 0 Å². The van der Waals surface area contributed by atoms with Gasteiger partial charge in [0.25, 0.3) is 0 Å². The molecule has 0 fully saturated rings. The lowest BCUT2D eigenvalue weighted by molar-refractivity contribution is 0.504. The van der Waals surface area contributed by atoms with Crippen LogP contribution in [0.5, 0.6) is 0 Å². The van der Waals surface area contributed by atoms with Crippen molar-refractivity contribution in [2.24, 2.45) is 12.9 Å². The first-order chi connectivity index (χ1) is 9.02. The van der Waals surface area contributed by atoms with Crippen LogP contribution in [0, 0.1) is 13.8 Å². The molecule has 0 saturated heterocycles. The minimum Gasteiger partial charge on any atom is -0.271 e. The summed E-state index contributed by atoms with van der Waals surface area (Å²) in [5, 5.41) is 7.99. The number of nitrogens with one attached hydrogen (secondary N) is 1. The zero-order valence-corrected chi connectivity index (χ0v) is 12.9. The summed E-state index contributed by atoms with van der Waals surface area (Å²) in [6.45, 7) is 4.20. The van der Waals surface area contributed by atoms with Crippen molar-refractivity contribution in [1.29, 1.82) is 0 Å².